The summed E-state index contributed by atoms with van der Waals surface area (Å²) in [7, 11) is 0. The number of ether oxygens (including phenoxy) is 1. The zero-order valence-corrected chi connectivity index (χ0v) is 16.2. The van der Waals surface area contributed by atoms with Gasteiger partial charge in [-0.2, -0.15) is 0 Å². The molecule has 0 aliphatic carbocycles. The summed E-state index contributed by atoms with van der Waals surface area (Å²) in [6.45, 7) is 2.75. The van der Waals surface area contributed by atoms with Crippen LogP contribution in [-0.2, 0) is 0 Å². The lowest BCUT2D eigenvalue weighted by Gasteiger charge is -2.15. The highest BCUT2D eigenvalue weighted by Gasteiger charge is 2.14. The highest BCUT2D eigenvalue weighted by Crippen LogP contribution is 2.32. The molecule has 21 heavy (non-hydrogen) atoms. The van der Waals surface area contributed by atoms with Gasteiger partial charge in [-0.25, -0.2) is 0 Å². The Morgan fingerprint density at radius 1 is 1.00 bits per heavy atom. The molecule has 0 saturated heterocycles. The van der Waals surface area contributed by atoms with Gasteiger partial charge >= 0.3 is 0 Å². The normalized spacial score (nSPS) is 12.2. The second kappa shape index (κ2) is 7.77. The van der Waals surface area contributed by atoms with E-state index in [0.29, 0.717) is 6.61 Å². The molecule has 2 aromatic rings. The number of rotatable bonds is 5. The molecule has 0 saturated carbocycles. The van der Waals surface area contributed by atoms with E-state index in [2.05, 4.69) is 54.7 Å². The maximum Gasteiger partial charge on any atom is 0.133 e. The smallest absolute Gasteiger partial charge is 0.133 e. The first kappa shape index (κ1) is 17.0. The quantitative estimate of drug-likeness (QED) is 0.584. The summed E-state index contributed by atoms with van der Waals surface area (Å²) in [5.74, 6) is 0.795. The standard InChI is InChI=1S/C16H15Br3O2/c1-2-5-21-15-4-3-10(8-14(15)19)16(20)11-6-12(17)9-13(18)7-11/h3-4,6-9,16,20H,2,5H2,1H3. The van der Waals surface area contributed by atoms with Crippen LogP contribution in [0.2, 0.25) is 0 Å². The van der Waals surface area contributed by atoms with E-state index in [1.54, 1.807) is 0 Å². The van der Waals surface area contributed by atoms with E-state index in [4.69, 9.17) is 4.74 Å². The fraction of sp³-hybridized carbons (Fsp3) is 0.250. The minimum atomic E-state index is -0.685. The molecule has 5 heteroatoms. The Labute approximate surface area is 149 Å². The summed E-state index contributed by atoms with van der Waals surface area (Å²) >= 11 is 10.4. The largest absolute Gasteiger partial charge is 0.492 e. The third-order valence-corrected chi connectivity index (χ3v) is 4.47. The van der Waals surface area contributed by atoms with Crippen LogP contribution in [0, 0.1) is 0 Å². The van der Waals surface area contributed by atoms with E-state index in [-0.39, 0.29) is 0 Å². The molecule has 2 rings (SSSR count). The number of hydrogen-bond acceptors (Lipinski definition) is 2. The summed E-state index contributed by atoms with van der Waals surface area (Å²) in [6.07, 6.45) is 0.276. The second-order valence-electron chi connectivity index (χ2n) is 4.64. The van der Waals surface area contributed by atoms with Crippen LogP contribution in [0.1, 0.15) is 30.6 Å². The lowest BCUT2D eigenvalue weighted by molar-refractivity contribution is 0.220. The number of aliphatic hydroxyl groups excluding tert-OH is 1. The Hall–Kier alpha value is -0.360. The molecule has 0 aliphatic heterocycles. The van der Waals surface area contributed by atoms with Crippen molar-refractivity contribution >= 4 is 47.8 Å². The van der Waals surface area contributed by atoms with Crippen molar-refractivity contribution in [2.24, 2.45) is 0 Å². The minimum Gasteiger partial charge on any atom is -0.492 e. The number of hydrogen-bond donors (Lipinski definition) is 1. The highest BCUT2D eigenvalue weighted by atomic mass is 79.9. The molecular weight excluding hydrogens is 464 g/mol. The Kier molecular flexibility index (Phi) is 6.29. The zero-order chi connectivity index (χ0) is 15.4. The average Bonchev–Trinajstić information content (AvgIpc) is 2.44. The van der Waals surface area contributed by atoms with Gasteiger partial charge in [0.25, 0.3) is 0 Å². The van der Waals surface area contributed by atoms with Gasteiger partial charge in [0.05, 0.1) is 11.1 Å². The predicted octanol–water partition coefficient (Wildman–Crippen LogP) is 5.84. The van der Waals surface area contributed by atoms with Gasteiger partial charge in [-0.3, -0.25) is 0 Å². The number of benzene rings is 2. The van der Waals surface area contributed by atoms with Gasteiger partial charge in [0.15, 0.2) is 0 Å². The van der Waals surface area contributed by atoms with Gasteiger partial charge in [-0.05, 0) is 63.8 Å². The van der Waals surface area contributed by atoms with E-state index in [1.807, 2.05) is 36.4 Å². The summed E-state index contributed by atoms with van der Waals surface area (Å²) in [5.41, 5.74) is 1.64. The maximum atomic E-state index is 10.5. The average molecular weight is 479 g/mol. The molecule has 0 heterocycles. The van der Waals surface area contributed by atoms with Crippen molar-refractivity contribution in [2.75, 3.05) is 6.61 Å². The summed E-state index contributed by atoms with van der Waals surface area (Å²) in [4.78, 5) is 0. The van der Waals surface area contributed by atoms with Crippen LogP contribution in [0.3, 0.4) is 0 Å². The van der Waals surface area contributed by atoms with Crippen molar-refractivity contribution in [2.45, 2.75) is 19.4 Å². The first-order valence-corrected chi connectivity index (χ1v) is 8.95. The topological polar surface area (TPSA) is 29.5 Å². The van der Waals surface area contributed by atoms with Gasteiger partial charge in [-0.15, -0.1) is 0 Å². The van der Waals surface area contributed by atoms with Gasteiger partial charge in [0.1, 0.15) is 11.9 Å². The third-order valence-electron chi connectivity index (χ3n) is 2.93. The van der Waals surface area contributed by atoms with Crippen molar-refractivity contribution in [3.63, 3.8) is 0 Å². The van der Waals surface area contributed by atoms with Crippen LogP contribution in [0.4, 0.5) is 0 Å². The molecule has 1 N–H and O–H groups in total. The Bertz CT molecular complexity index is 609. The highest BCUT2D eigenvalue weighted by molar-refractivity contribution is 9.11. The van der Waals surface area contributed by atoms with Gasteiger partial charge in [-0.1, -0.05) is 44.8 Å². The lowest BCUT2D eigenvalue weighted by Crippen LogP contribution is -2.01. The van der Waals surface area contributed by atoms with E-state index in [1.165, 1.54) is 0 Å². The Morgan fingerprint density at radius 2 is 1.67 bits per heavy atom. The fourth-order valence-electron chi connectivity index (χ4n) is 1.94. The predicted molar refractivity (Wildman–Crippen MR) is 95.8 cm³/mol. The van der Waals surface area contributed by atoms with E-state index in [9.17, 15) is 5.11 Å². The third kappa shape index (κ3) is 4.55. The maximum absolute atomic E-state index is 10.5. The molecular formula is C16H15Br3O2. The summed E-state index contributed by atoms with van der Waals surface area (Å²) < 4.78 is 8.32. The SMILES string of the molecule is CCCOc1ccc(C(O)c2cc(Br)cc(Br)c2)cc1Br. The molecule has 112 valence electrons. The van der Waals surface area contributed by atoms with Crippen LogP contribution >= 0.6 is 47.8 Å². The molecule has 0 amide bonds. The molecule has 0 aromatic heterocycles. The molecule has 0 spiro atoms. The lowest BCUT2D eigenvalue weighted by atomic mass is 10.0. The molecule has 0 bridgehead atoms. The molecule has 0 radical (unpaired) electrons. The van der Waals surface area contributed by atoms with Crippen LogP contribution in [0.5, 0.6) is 5.75 Å². The van der Waals surface area contributed by atoms with Gasteiger partial charge in [0, 0.05) is 8.95 Å². The molecule has 2 nitrogen and oxygen atoms in total. The first-order valence-electron chi connectivity index (χ1n) is 6.57. The monoisotopic (exact) mass is 476 g/mol. The van der Waals surface area contributed by atoms with Crippen LogP contribution in [0.25, 0.3) is 0 Å². The van der Waals surface area contributed by atoms with Gasteiger partial charge in [0.2, 0.25) is 0 Å². The molecule has 0 aliphatic rings. The minimum absolute atomic E-state index is 0.680. The van der Waals surface area contributed by atoms with Crippen LogP contribution in [0.15, 0.2) is 49.8 Å². The second-order valence-corrected chi connectivity index (χ2v) is 7.33. The van der Waals surface area contributed by atoms with Crippen LogP contribution in [-0.4, -0.2) is 11.7 Å². The summed E-state index contributed by atoms with van der Waals surface area (Å²) in [6, 6.07) is 11.4. The van der Waals surface area contributed by atoms with Crippen LogP contribution < -0.4 is 4.74 Å². The van der Waals surface area contributed by atoms with Crippen molar-refractivity contribution in [1.29, 1.82) is 0 Å². The van der Waals surface area contributed by atoms with E-state index >= 15 is 0 Å². The Morgan fingerprint density at radius 3 is 2.24 bits per heavy atom. The van der Waals surface area contributed by atoms with Crippen molar-refractivity contribution in [1.82, 2.24) is 0 Å². The van der Waals surface area contributed by atoms with E-state index < -0.39 is 6.10 Å². The zero-order valence-electron chi connectivity index (χ0n) is 11.4. The Balaban J connectivity index is 2.26. The van der Waals surface area contributed by atoms with Gasteiger partial charge < -0.3 is 9.84 Å². The molecule has 0 fully saturated rings. The summed E-state index contributed by atoms with van der Waals surface area (Å²) in [5, 5.41) is 10.5. The molecule has 1 unspecified atom stereocenters. The van der Waals surface area contributed by atoms with Crippen molar-refractivity contribution in [3.8, 4) is 5.75 Å². The number of halogens is 3. The molecule has 1 atom stereocenters. The van der Waals surface area contributed by atoms with E-state index in [0.717, 1.165) is 36.7 Å². The van der Waals surface area contributed by atoms with Crippen molar-refractivity contribution < 1.29 is 9.84 Å². The number of aliphatic hydroxyl groups is 1. The van der Waals surface area contributed by atoms with Crippen molar-refractivity contribution in [3.05, 3.63) is 60.9 Å². The molecule has 2 aromatic carbocycles. The first-order chi connectivity index (χ1) is 10.0. The fourth-order valence-corrected chi connectivity index (χ4v) is 3.78.